The van der Waals surface area contributed by atoms with Gasteiger partial charge in [-0.25, -0.2) is 4.68 Å². The fraction of sp³-hybridized carbons (Fsp3) is 0.536. The van der Waals surface area contributed by atoms with Crippen molar-refractivity contribution in [1.29, 1.82) is 0 Å². The van der Waals surface area contributed by atoms with E-state index in [0.717, 1.165) is 72.8 Å². The summed E-state index contributed by atoms with van der Waals surface area (Å²) in [5.74, 6) is 0.661. The van der Waals surface area contributed by atoms with Gasteiger partial charge >= 0.3 is 0 Å². The van der Waals surface area contributed by atoms with Crippen LogP contribution in [0.25, 0.3) is 16.7 Å². The fourth-order valence-corrected chi connectivity index (χ4v) is 5.03. The van der Waals surface area contributed by atoms with Crippen LogP contribution in [-0.2, 0) is 11.2 Å². The highest BCUT2D eigenvalue weighted by Gasteiger charge is 2.21. The van der Waals surface area contributed by atoms with Crippen LogP contribution in [0, 0.1) is 20.8 Å². The second kappa shape index (κ2) is 11.8. The van der Waals surface area contributed by atoms with E-state index < -0.39 is 0 Å². The summed E-state index contributed by atoms with van der Waals surface area (Å²) < 4.78 is 7.86. The van der Waals surface area contributed by atoms with Crippen molar-refractivity contribution < 1.29 is 9.53 Å². The highest BCUT2D eigenvalue weighted by molar-refractivity contribution is 5.86. The molecule has 0 aliphatic carbocycles. The Morgan fingerprint density at radius 2 is 1.83 bits per heavy atom. The summed E-state index contributed by atoms with van der Waals surface area (Å²) in [4.78, 5) is 22.5. The molecule has 1 saturated heterocycles. The number of rotatable bonds is 10. The van der Waals surface area contributed by atoms with Crippen molar-refractivity contribution in [3.8, 4) is 11.6 Å². The number of piperazine rings is 1. The average molecular weight is 493 g/mol. The molecule has 0 bridgehead atoms. The topological polar surface area (TPSA) is 75.5 Å². The molecule has 0 atom stereocenters. The highest BCUT2D eigenvalue weighted by Crippen LogP contribution is 2.32. The second-order valence-electron chi connectivity index (χ2n) is 9.61. The maximum Gasteiger partial charge on any atom is 0.220 e. The van der Waals surface area contributed by atoms with Gasteiger partial charge in [-0.3, -0.25) is 9.69 Å². The number of likely N-dealkylation sites (N-methyl/N-ethyl adjacent to an activating group) is 1. The Morgan fingerprint density at radius 3 is 2.53 bits per heavy atom. The molecule has 4 rings (SSSR count). The number of nitrogens with zero attached hydrogens (tertiary/aromatic N) is 5. The number of hydrogen-bond acceptors (Lipinski definition) is 6. The number of pyridine rings is 1. The predicted octanol–water partition coefficient (Wildman–Crippen LogP) is 3.43. The molecule has 1 aliphatic rings. The largest absolute Gasteiger partial charge is 0.478 e. The monoisotopic (exact) mass is 492 g/mol. The lowest BCUT2D eigenvalue weighted by Gasteiger charge is -2.33. The van der Waals surface area contributed by atoms with E-state index in [1.165, 1.54) is 5.56 Å². The van der Waals surface area contributed by atoms with Gasteiger partial charge in [0.05, 0.1) is 18.0 Å². The molecular weight excluding hydrogens is 452 g/mol. The van der Waals surface area contributed by atoms with Crippen LogP contribution >= 0.6 is 0 Å². The van der Waals surface area contributed by atoms with E-state index >= 15 is 0 Å². The van der Waals surface area contributed by atoms with Crippen LogP contribution in [0.5, 0.6) is 5.88 Å². The molecule has 36 heavy (non-hydrogen) atoms. The summed E-state index contributed by atoms with van der Waals surface area (Å²) in [7, 11) is 0. The number of aryl methyl sites for hydroxylation is 3. The van der Waals surface area contributed by atoms with Crippen LogP contribution in [0.1, 0.15) is 42.7 Å². The maximum atomic E-state index is 12.7. The normalized spacial score (nSPS) is 14.9. The average Bonchev–Trinajstić information content (AvgIpc) is 3.20. The fourth-order valence-electron chi connectivity index (χ4n) is 5.03. The van der Waals surface area contributed by atoms with Crippen molar-refractivity contribution in [2.24, 2.45) is 0 Å². The van der Waals surface area contributed by atoms with Gasteiger partial charge in [0, 0.05) is 56.6 Å². The highest BCUT2D eigenvalue weighted by atomic mass is 16.5. The minimum atomic E-state index is 0.0660. The zero-order valence-electron chi connectivity index (χ0n) is 22.4. The van der Waals surface area contributed by atoms with E-state index in [9.17, 15) is 4.79 Å². The Balaban J connectivity index is 1.46. The first-order valence-corrected chi connectivity index (χ1v) is 13.2. The minimum Gasteiger partial charge on any atom is -0.478 e. The van der Waals surface area contributed by atoms with Crippen molar-refractivity contribution in [3.63, 3.8) is 0 Å². The number of benzene rings is 1. The number of aromatic nitrogens is 3. The molecule has 0 unspecified atom stereocenters. The Labute approximate surface area is 214 Å². The summed E-state index contributed by atoms with van der Waals surface area (Å²) in [5, 5.41) is 8.94. The molecule has 8 heteroatoms. The molecule has 0 saturated carbocycles. The number of hydrogen-bond donors (Lipinski definition) is 1. The molecule has 1 amide bonds. The molecule has 194 valence electrons. The zero-order chi connectivity index (χ0) is 25.7. The van der Waals surface area contributed by atoms with E-state index in [1.54, 1.807) is 0 Å². The molecule has 1 aromatic carbocycles. The number of nitrogens with one attached hydrogen (secondary N) is 1. The second-order valence-corrected chi connectivity index (χ2v) is 9.61. The number of ether oxygens (including phenoxy) is 1. The van der Waals surface area contributed by atoms with Gasteiger partial charge in [-0.1, -0.05) is 19.1 Å². The van der Waals surface area contributed by atoms with Crippen LogP contribution in [0.4, 0.5) is 0 Å². The molecule has 1 fully saturated rings. The predicted molar refractivity (Wildman–Crippen MR) is 144 cm³/mol. The maximum absolute atomic E-state index is 12.7. The van der Waals surface area contributed by atoms with Crippen LogP contribution in [0.15, 0.2) is 24.3 Å². The summed E-state index contributed by atoms with van der Waals surface area (Å²) in [6.07, 6.45) is 0.989. The van der Waals surface area contributed by atoms with Gasteiger partial charge in [0.15, 0.2) is 5.65 Å². The van der Waals surface area contributed by atoms with Crippen molar-refractivity contribution >= 4 is 16.9 Å². The number of carbonyl (C=O) groups is 1. The molecule has 3 heterocycles. The standard InChI is InChI=1S/C28H40N6O2/c1-6-32-15-17-33(18-16-32)14-13-29-25(35)12-11-24-21(4)26-22(5)31-34(23-10-8-9-20(3)19-23)27(26)30-28(24)36-7-2/h8-10,19H,6-7,11-18H2,1-5H3,(H,29,35). The lowest BCUT2D eigenvalue weighted by Crippen LogP contribution is -2.48. The van der Waals surface area contributed by atoms with Crippen LogP contribution in [0.2, 0.25) is 0 Å². The Bertz CT molecular complexity index is 1200. The smallest absolute Gasteiger partial charge is 0.220 e. The molecule has 3 aromatic rings. The Hall–Kier alpha value is -2.97. The van der Waals surface area contributed by atoms with E-state index in [4.69, 9.17) is 14.8 Å². The molecular formula is C28H40N6O2. The quantitative estimate of drug-likeness (QED) is 0.467. The first-order chi connectivity index (χ1) is 17.4. The molecule has 1 N–H and O–H groups in total. The van der Waals surface area contributed by atoms with Crippen LogP contribution in [0.3, 0.4) is 0 Å². The van der Waals surface area contributed by atoms with Gasteiger partial charge in [-0.2, -0.15) is 10.1 Å². The van der Waals surface area contributed by atoms with Gasteiger partial charge < -0.3 is 15.0 Å². The van der Waals surface area contributed by atoms with Crippen molar-refractivity contribution in [1.82, 2.24) is 29.9 Å². The summed E-state index contributed by atoms with van der Waals surface area (Å²) in [6, 6.07) is 8.24. The van der Waals surface area contributed by atoms with Crippen molar-refractivity contribution in [3.05, 3.63) is 46.6 Å². The Kier molecular flexibility index (Phi) is 8.59. The molecule has 1 aliphatic heterocycles. The Morgan fingerprint density at radius 1 is 1.08 bits per heavy atom. The third-order valence-corrected chi connectivity index (χ3v) is 7.12. The van der Waals surface area contributed by atoms with Gasteiger partial charge in [-0.15, -0.1) is 0 Å². The molecule has 2 aromatic heterocycles. The van der Waals surface area contributed by atoms with Gasteiger partial charge in [-0.05, 0) is 63.9 Å². The van der Waals surface area contributed by atoms with E-state index in [0.29, 0.717) is 31.9 Å². The van der Waals surface area contributed by atoms with E-state index in [1.807, 2.05) is 30.7 Å². The third kappa shape index (κ3) is 5.87. The van der Waals surface area contributed by atoms with Crippen LogP contribution < -0.4 is 10.1 Å². The summed E-state index contributed by atoms with van der Waals surface area (Å²) >= 11 is 0. The number of amides is 1. The minimum absolute atomic E-state index is 0.0660. The zero-order valence-corrected chi connectivity index (χ0v) is 22.4. The number of carbonyl (C=O) groups excluding carboxylic acids is 1. The lowest BCUT2D eigenvalue weighted by atomic mass is 10.0. The van der Waals surface area contributed by atoms with E-state index in [2.05, 4.69) is 48.0 Å². The SMILES string of the molecule is CCOc1nc2c(c(C)nn2-c2cccc(C)c2)c(C)c1CCC(=O)NCCN1CCN(CC)CC1. The number of fused-ring (bicyclic) bond motifs is 1. The third-order valence-electron chi connectivity index (χ3n) is 7.12. The summed E-state index contributed by atoms with van der Waals surface area (Å²) in [5.41, 5.74) is 5.93. The van der Waals surface area contributed by atoms with Crippen LogP contribution in [-0.4, -0.2) is 82.9 Å². The summed E-state index contributed by atoms with van der Waals surface area (Å²) in [6.45, 7) is 17.9. The molecule has 0 spiro atoms. The van der Waals surface area contributed by atoms with Crippen molar-refractivity contribution in [2.45, 2.75) is 47.5 Å². The first-order valence-electron chi connectivity index (χ1n) is 13.2. The van der Waals surface area contributed by atoms with Gasteiger partial charge in [0.25, 0.3) is 0 Å². The first kappa shape index (κ1) is 26.1. The molecule has 8 nitrogen and oxygen atoms in total. The lowest BCUT2D eigenvalue weighted by molar-refractivity contribution is -0.121. The van der Waals surface area contributed by atoms with Gasteiger partial charge in [0.2, 0.25) is 11.8 Å². The van der Waals surface area contributed by atoms with Crippen molar-refractivity contribution in [2.75, 3.05) is 52.4 Å². The van der Waals surface area contributed by atoms with Gasteiger partial charge in [0.1, 0.15) is 0 Å². The van der Waals surface area contributed by atoms with E-state index in [-0.39, 0.29) is 5.91 Å². The molecule has 0 radical (unpaired) electrons.